The van der Waals surface area contributed by atoms with Gasteiger partial charge in [-0.25, -0.2) is 0 Å². The third kappa shape index (κ3) is 7.32. The molecule has 0 aromatic heterocycles. The molecule has 0 aromatic carbocycles. The van der Waals surface area contributed by atoms with E-state index in [4.69, 9.17) is 20.4 Å². The van der Waals surface area contributed by atoms with E-state index in [1.807, 2.05) is 0 Å². The molecule has 10 heavy (non-hydrogen) atoms. The summed E-state index contributed by atoms with van der Waals surface area (Å²) in [4.78, 5) is 0. The van der Waals surface area contributed by atoms with Crippen molar-refractivity contribution in [2.24, 2.45) is 0 Å². The lowest BCUT2D eigenvalue weighted by atomic mass is 10.4. The number of hydrogen-bond acceptors (Lipinski definition) is 4. The summed E-state index contributed by atoms with van der Waals surface area (Å²) in [6.07, 6.45) is 1.76. The van der Waals surface area contributed by atoms with E-state index >= 15 is 0 Å². The number of rotatable bonds is 3. The van der Waals surface area contributed by atoms with E-state index in [1.54, 1.807) is 0 Å². The Bertz CT molecular complexity index is 110. The fraction of sp³-hybridized carbons (Fsp3) is 0.333. The van der Waals surface area contributed by atoms with Crippen molar-refractivity contribution in [2.45, 2.75) is 12.6 Å². The maximum Gasteiger partial charge on any atom is 0.171 e. The second kappa shape index (κ2) is 5.13. The SMILES string of the molecule is OC(O)/C=C\C=C\C(O)O. The lowest BCUT2D eigenvalue weighted by molar-refractivity contribution is 0.000729. The summed E-state index contributed by atoms with van der Waals surface area (Å²) in [5.74, 6) is 0. The molecule has 0 aliphatic heterocycles. The molecule has 58 valence electrons. The Morgan fingerprint density at radius 3 is 1.20 bits per heavy atom. The maximum atomic E-state index is 8.23. The fourth-order valence-electron chi connectivity index (χ4n) is 0.327. The van der Waals surface area contributed by atoms with Gasteiger partial charge in [0, 0.05) is 0 Å². The maximum absolute atomic E-state index is 8.23. The molecule has 0 aromatic rings. The summed E-state index contributed by atoms with van der Waals surface area (Å²) in [5, 5.41) is 32.9. The number of aliphatic hydroxyl groups is 4. The zero-order valence-electron chi connectivity index (χ0n) is 5.25. The lowest BCUT2D eigenvalue weighted by Crippen LogP contribution is -1.98. The first-order valence-electron chi connectivity index (χ1n) is 2.70. The highest BCUT2D eigenvalue weighted by molar-refractivity contribution is 5.03. The summed E-state index contributed by atoms with van der Waals surface area (Å²) in [6.45, 7) is 0. The van der Waals surface area contributed by atoms with Crippen LogP contribution in [0, 0.1) is 0 Å². The van der Waals surface area contributed by atoms with Crippen molar-refractivity contribution in [1.82, 2.24) is 0 Å². The molecule has 0 saturated carbocycles. The smallest absolute Gasteiger partial charge is 0.171 e. The first-order valence-corrected chi connectivity index (χ1v) is 2.70. The van der Waals surface area contributed by atoms with Gasteiger partial charge < -0.3 is 20.4 Å². The van der Waals surface area contributed by atoms with Crippen molar-refractivity contribution in [3.63, 3.8) is 0 Å². The summed E-state index contributed by atoms with van der Waals surface area (Å²) in [6, 6.07) is 0. The number of hydrogen-bond donors (Lipinski definition) is 4. The van der Waals surface area contributed by atoms with E-state index in [0.717, 1.165) is 12.2 Å². The van der Waals surface area contributed by atoms with Gasteiger partial charge in [-0.15, -0.1) is 0 Å². The lowest BCUT2D eigenvalue weighted by Gasteiger charge is -1.90. The van der Waals surface area contributed by atoms with Gasteiger partial charge in [0.1, 0.15) is 0 Å². The highest BCUT2D eigenvalue weighted by atomic mass is 16.5. The third-order valence-electron chi connectivity index (χ3n) is 0.678. The van der Waals surface area contributed by atoms with Crippen LogP contribution in [0.4, 0.5) is 0 Å². The Morgan fingerprint density at radius 1 is 0.700 bits per heavy atom. The van der Waals surface area contributed by atoms with E-state index in [-0.39, 0.29) is 0 Å². The standard InChI is InChI=1S/C6H10O4/c7-5(8)3-1-2-4-6(9)10/h1-10H/b3-1-,4-2+. The first kappa shape index (κ1) is 9.32. The molecule has 4 N–H and O–H groups in total. The van der Waals surface area contributed by atoms with Gasteiger partial charge in [-0.05, 0) is 12.2 Å². The molecule has 0 aliphatic carbocycles. The average molecular weight is 146 g/mol. The topological polar surface area (TPSA) is 80.9 Å². The number of allylic oxidation sites excluding steroid dienone is 2. The van der Waals surface area contributed by atoms with Crippen LogP contribution in [0.15, 0.2) is 24.3 Å². The molecule has 0 heterocycles. The molecule has 0 unspecified atom stereocenters. The summed E-state index contributed by atoms with van der Waals surface area (Å²) >= 11 is 0. The Kier molecular flexibility index (Phi) is 4.78. The van der Waals surface area contributed by atoms with Crippen molar-refractivity contribution >= 4 is 0 Å². The third-order valence-corrected chi connectivity index (χ3v) is 0.678. The van der Waals surface area contributed by atoms with Gasteiger partial charge in [0.05, 0.1) is 0 Å². The molecule has 4 nitrogen and oxygen atoms in total. The van der Waals surface area contributed by atoms with Crippen LogP contribution in [0.5, 0.6) is 0 Å². The van der Waals surface area contributed by atoms with E-state index in [9.17, 15) is 0 Å². The zero-order valence-corrected chi connectivity index (χ0v) is 5.25. The van der Waals surface area contributed by atoms with E-state index in [0.29, 0.717) is 0 Å². The predicted octanol–water partition coefficient (Wildman–Crippen LogP) is -1.28. The van der Waals surface area contributed by atoms with Crippen LogP contribution in [0.3, 0.4) is 0 Å². The molecule has 0 saturated heterocycles. The minimum Gasteiger partial charge on any atom is -0.365 e. The van der Waals surface area contributed by atoms with Gasteiger partial charge in [0.25, 0.3) is 0 Å². The van der Waals surface area contributed by atoms with Crippen molar-refractivity contribution in [1.29, 1.82) is 0 Å². The van der Waals surface area contributed by atoms with Crippen LogP contribution < -0.4 is 0 Å². The molecule has 0 radical (unpaired) electrons. The molecule has 0 atom stereocenters. The molecule has 0 spiro atoms. The fourth-order valence-corrected chi connectivity index (χ4v) is 0.327. The second-order valence-corrected chi connectivity index (χ2v) is 1.60. The van der Waals surface area contributed by atoms with Crippen LogP contribution in [0.25, 0.3) is 0 Å². The van der Waals surface area contributed by atoms with Crippen LogP contribution in [0.1, 0.15) is 0 Å². The van der Waals surface area contributed by atoms with Crippen molar-refractivity contribution in [3.8, 4) is 0 Å². The van der Waals surface area contributed by atoms with Gasteiger partial charge in [-0.3, -0.25) is 0 Å². The van der Waals surface area contributed by atoms with Crippen molar-refractivity contribution in [3.05, 3.63) is 24.3 Å². The quantitative estimate of drug-likeness (QED) is 0.295. The highest BCUT2D eigenvalue weighted by Gasteiger charge is 1.85. The molecular weight excluding hydrogens is 136 g/mol. The summed E-state index contributed by atoms with van der Waals surface area (Å²) < 4.78 is 0. The zero-order chi connectivity index (χ0) is 7.98. The van der Waals surface area contributed by atoms with E-state index in [2.05, 4.69) is 0 Å². The monoisotopic (exact) mass is 146 g/mol. The minimum absolute atomic E-state index is 1.08. The van der Waals surface area contributed by atoms with Crippen LogP contribution >= 0.6 is 0 Å². The van der Waals surface area contributed by atoms with Crippen LogP contribution in [-0.4, -0.2) is 33.0 Å². The second-order valence-electron chi connectivity index (χ2n) is 1.60. The molecule has 0 amide bonds. The van der Waals surface area contributed by atoms with Crippen molar-refractivity contribution in [2.75, 3.05) is 0 Å². The Balaban J connectivity index is 3.52. The van der Waals surface area contributed by atoms with Gasteiger partial charge >= 0.3 is 0 Å². The van der Waals surface area contributed by atoms with E-state index in [1.165, 1.54) is 12.2 Å². The van der Waals surface area contributed by atoms with Gasteiger partial charge in [0.2, 0.25) is 0 Å². The Labute approximate surface area is 58.4 Å². The van der Waals surface area contributed by atoms with Crippen molar-refractivity contribution < 1.29 is 20.4 Å². The molecule has 0 bridgehead atoms. The van der Waals surface area contributed by atoms with E-state index < -0.39 is 12.6 Å². The normalized spacial score (nSPS) is 13.0. The summed E-state index contributed by atoms with van der Waals surface area (Å²) in [5.41, 5.74) is 0. The van der Waals surface area contributed by atoms with Crippen LogP contribution in [-0.2, 0) is 0 Å². The minimum atomic E-state index is -1.50. The Morgan fingerprint density at radius 2 is 1.00 bits per heavy atom. The predicted molar refractivity (Wildman–Crippen MR) is 34.7 cm³/mol. The molecule has 0 fully saturated rings. The average Bonchev–Trinajstić information content (AvgIpc) is 1.79. The number of aliphatic hydroxyl groups excluding tert-OH is 2. The Hall–Kier alpha value is -0.680. The molecule has 0 aliphatic rings. The van der Waals surface area contributed by atoms with Gasteiger partial charge in [-0.1, -0.05) is 12.2 Å². The first-order chi connectivity index (χ1) is 4.63. The summed E-state index contributed by atoms with van der Waals surface area (Å²) in [7, 11) is 0. The van der Waals surface area contributed by atoms with Crippen LogP contribution in [0.2, 0.25) is 0 Å². The largest absolute Gasteiger partial charge is 0.365 e. The molecule has 0 rings (SSSR count). The highest BCUT2D eigenvalue weighted by Crippen LogP contribution is 1.83. The molecular formula is C6H10O4. The molecule has 4 heteroatoms. The van der Waals surface area contributed by atoms with Gasteiger partial charge in [0.15, 0.2) is 12.6 Å². The van der Waals surface area contributed by atoms with Gasteiger partial charge in [-0.2, -0.15) is 0 Å².